The van der Waals surface area contributed by atoms with Gasteiger partial charge in [0, 0.05) is 30.9 Å². The van der Waals surface area contributed by atoms with Gasteiger partial charge in [-0.1, -0.05) is 51.1 Å². The van der Waals surface area contributed by atoms with Gasteiger partial charge in [0.15, 0.2) is 0 Å². The minimum absolute atomic E-state index is 0.0452. The predicted molar refractivity (Wildman–Crippen MR) is 119 cm³/mol. The van der Waals surface area contributed by atoms with Crippen molar-refractivity contribution in [2.45, 2.75) is 38.9 Å². The Morgan fingerprint density at radius 3 is 1.85 bits per heavy atom. The summed E-state index contributed by atoms with van der Waals surface area (Å²) in [5, 5.41) is 10.2. The van der Waals surface area contributed by atoms with Gasteiger partial charge in [0.1, 0.15) is 5.76 Å². The van der Waals surface area contributed by atoms with Crippen LogP contribution >= 0.6 is 0 Å². The van der Waals surface area contributed by atoms with Gasteiger partial charge in [0.05, 0.1) is 6.61 Å². The number of nitrogens with zero attached hydrogens (tertiary/aromatic N) is 1. The Kier molecular flexibility index (Phi) is 7.69. The van der Waals surface area contributed by atoms with Crippen LogP contribution in [0.3, 0.4) is 0 Å². The van der Waals surface area contributed by atoms with E-state index >= 15 is 0 Å². The van der Waals surface area contributed by atoms with Crippen LogP contribution in [-0.4, -0.2) is 34.1 Å². The number of aliphatic hydroxyl groups is 1. The van der Waals surface area contributed by atoms with E-state index in [2.05, 4.69) is 49.9 Å². The van der Waals surface area contributed by atoms with E-state index in [1.165, 1.54) is 0 Å². The highest BCUT2D eigenvalue weighted by atomic mass is 28.4. The molecule has 0 saturated carbocycles. The van der Waals surface area contributed by atoms with Crippen LogP contribution in [0.25, 0.3) is 11.3 Å². The molecule has 0 saturated heterocycles. The molecule has 0 aliphatic carbocycles. The summed E-state index contributed by atoms with van der Waals surface area (Å²) in [6, 6.07) is 21.7. The zero-order chi connectivity index (χ0) is 19.9. The standard InChI is InChI=1S/C23H33NO2Si/c1-6-27(7-2,8-3)26-23(20-14-16-21(17-15-20)24(4)5)22(18-25)19-12-10-9-11-13-19/h9-17,25H,6-8,18H2,1-5H3/b23-22-. The molecule has 0 aromatic heterocycles. The molecule has 0 spiro atoms. The highest BCUT2D eigenvalue weighted by molar-refractivity contribution is 6.74. The van der Waals surface area contributed by atoms with E-state index in [0.717, 1.165) is 46.3 Å². The molecule has 1 N–H and O–H groups in total. The highest BCUT2D eigenvalue weighted by Crippen LogP contribution is 2.34. The van der Waals surface area contributed by atoms with E-state index in [1.54, 1.807) is 0 Å². The topological polar surface area (TPSA) is 32.7 Å². The first-order valence-electron chi connectivity index (χ1n) is 9.86. The SMILES string of the molecule is CC[Si](CC)(CC)O/C(=C(/CO)c1ccccc1)c1ccc(N(C)C)cc1. The Hall–Kier alpha value is -2.04. The van der Waals surface area contributed by atoms with Gasteiger partial charge in [-0.15, -0.1) is 0 Å². The van der Waals surface area contributed by atoms with Crippen LogP contribution in [0.5, 0.6) is 0 Å². The summed E-state index contributed by atoms with van der Waals surface area (Å²) in [5.74, 6) is 0.839. The Balaban J connectivity index is 2.62. The fourth-order valence-electron chi connectivity index (χ4n) is 3.32. The number of aliphatic hydroxyl groups excluding tert-OH is 1. The van der Waals surface area contributed by atoms with E-state index < -0.39 is 8.32 Å². The van der Waals surface area contributed by atoms with Gasteiger partial charge in [-0.2, -0.15) is 0 Å². The number of hydrogen-bond acceptors (Lipinski definition) is 3. The van der Waals surface area contributed by atoms with E-state index in [1.807, 2.05) is 44.4 Å². The number of anilines is 1. The van der Waals surface area contributed by atoms with Crippen LogP contribution in [0, 0.1) is 0 Å². The molecule has 0 radical (unpaired) electrons. The van der Waals surface area contributed by atoms with Crippen molar-refractivity contribution in [2.24, 2.45) is 0 Å². The summed E-state index contributed by atoms with van der Waals surface area (Å²) in [4.78, 5) is 2.08. The third-order valence-corrected chi connectivity index (χ3v) is 9.96. The average Bonchev–Trinajstić information content (AvgIpc) is 2.72. The van der Waals surface area contributed by atoms with Crippen molar-refractivity contribution in [3.63, 3.8) is 0 Å². The Bertz CT molecular complexity index is 726. The first-order chi connectivity index (χ1) is 13.0. The Morgan fingerprint density at radius 2 is 1.41 bits per heavy atom. The molecule has 0 atom stereocenters. The lowest BCUT2D eigenvalue weighted by molar-refractivity contribution is 0.347. The summed E-state index contributed by atoms with van der Waals surface area (Å²) in [6.07, 6.45) is 0. The molecule has 2 aromatic carbocycles. The first kappa shape index (κ1) is 21.3. The fourth-order valence-corrected chi connectivity index (χ4v) is 5.93. The summed E-state index contributed by atoms with van der Waals surface area (Å²) in [7, 11) is 2.18. The zero-order valence-electron chi connectivity index (χ0n) is 17.3. The lowest BCUT2D eigenvalue weighted by Gasteiger charge is -2.32. The third-order valence-electron chi connectivity index (χ3n) is 5.45. The average molecular weight is 384 g/mol. The fraction of sp³-hybridized carbons (Fsp3) is 0.391. The normalized spacial score (nSPS) is 12.5. The maximum Gasteiger partial charge on any atom is 0.250 e. The van der Waals surface area contributed by atoms with Gasteiger partial charge < -0.3 is 14.4 Å². The Morgan fingerprint density at radius 1 is 0.852 bits per heavy atom. The number of rotatable bonds is 9. The second kappa shape index (κ2) is 9.77. The molecule has 0 heterocycles. The molecule has 146 valence electrons. The molecule has 0 aliphatic heterocycles. The maximum absolute atomic E-state index is 10.2. The molecule has 0 bridgehead atoms. The van der Waals surface area contributed by atoms with Gasteiger partial charge >= 0.3 is 0 Å². The first-order valence-corrected chi connectivity index (χ1v) is 12.4. The van der Waals surface area contributed by atoms with Crippen LogP contribution in [0.1, 0.15) is 31.9 Å². The summed E-state index contributed by atoms with van der Waals surface area (Å²) in [5.41, 5.74) is 4.05. The van der Waals surface area contributed by atoms with Crippen molar-refractivity contribution < 1.29 is 9.53 Å². The van der Waals surface area contributed by atoms with Gasteiger partial charge in [-0.3, -0.25) is 0 Å². The summed E-state index contributed by atoms with van der Waals surface area (Å²) >= 11 is 0. The molecule has 3 nitrogen and oxygen atoms in total. The number of hydrogen-bond donors (Lipinski definition) is 1. The lowest BCUT2D eigenvalue weighted by atomic mass is 10.0. The van der Waals surface area contributed by atoms with Gasteiger partial charge in [-0.25, -0.2) is 0 Å². The van der Waals surface area contributed by atoms with Gasteiger partial charge in [0.2, 0.25) is 0 Å². The molecule has 4 heteroatoms. The summed E-state index contributed by atoms with van der Waals surface area (Å²) in [6.45, 7) is 6.64. The van der Waals surface area contributed by atoms with Crippen molar-refractivity contribution in [2.75, 3.05) is 25.6 Å². The van der Waals surface area contributed by atoms with E-state index in [0.29, 0.717) is 0 Å². The largest absolute Gasteiger partial charge is 0.543 e. The molecule has 0 aliphatic rings. The van der Waals surface area contributed by atoms with Crippen LogP contribution < -0.4 is 4.90 Å². The minimum Gasteiger partial charge on any atom is -0.543 e. The van der Waals surface area contributed by atoms with Crippen LogP contribution in [0.15, 0.2) is 54.6 Å². The second-order valence-corrected chi connectivity index (χ2v) is 11.8. The molecular weight excluding hydrogens is 350 g/mol. The molecule has 27 heavy (non-hydrogen) atoms. The van der Waals surface area contributed by atoms with Crippen LogP contribution in [-0.2, 0) is 4.43 Å². The van der Waals surface area contributed by atoms with Crippen LogP contribution in [0.4, 0.5) is 5.69 Å². The lowest BCUT2D eigenvalue weighted by Crippen LogP contribution is -2.35. The van der Waals surface area contributed by atoms with E-state index in [9.17, 15) is 5.11 Å². The monoisotopic (exact) mass is 383 g/mol. The minimum atomic E-state index is -1.89. The summed E-state index contributed by atoms with van der Waals surface area (Å²) < 4.78 is 6.82. The number of benzene rings is 2. The molecule has 0 amide bonds. The maximum atomic E-state index is 10.2. The van der Waals surface area contributed by atoms with E-state index in [4.69, 9.17) is 4.43 Å². The van der Waals surface area contributed by atoms with Crippen molar-refractivity contribution in [1.29, 1.82) is 0 Å². The molecule has 2 rings (SSSR count). The predicted octanol–water partition coefficient (Wildman–Crippen LogP) is 5.64. The Labute approximate surface area is 165 Å². The van der Waals surface area contributed by atoms with Crippen molar-refractivity contribution in [1.82, 2.24) is 0 Å². The second-order valence-electron chi connectivity index (χ2n) is 7.12. The van der Waals surface area contributed by atoms with Gasteiger partial charge in [0.25, 0.3) is 8.32 Å². The third kappa shape index (κ3) is 5.02. The highest BCUT2D eigenvalue weighted by Gasteiger charge is 2.32. The molecular formula is C23H33NO2Si. The molecule has 2 aromatic rings. The van der Waals surface area contributed by atoms with Crippen molar-refractivity contribution in [3.05, 3.63) is 65.7 Å². The molecule has 0 unspecified atom stereocenters. The van der Waals surface area contributed by atoms with Crippen molar-refractivity contribution >= 4 is 25.3 Å². The van der Waals surface area contributed by atoms with Crippen LogP contribution in [0.2, 0.25) is 18.1 Å². The smallest absolute Gasteiger partial charge is 0.250 e. The van der Waals surface area contributed by atoms with E-state index in [-0.39, 0.29) is 6.61 Å². The van der Waals surface area contributed by atoms with Crippen molar-refractivity contribution in [3.8, 4) is 0 Å². The molecule has 0 fully saturated rings. The van der Waals surface area contributed by atoms with Gasteiger partial charge in [-0.05, 0) is 48.0 Å². The quantitative estimate of drug-likeness (QED) is 0.346. The zero-order valence-corrected chi connectivity index (χ0v) is 18.3.